The maximum Gasteiger partial charge on any atom is 0.317 e. The van der Waals surface area contributed by atoms with E-state index >= 15 is 0 Å². The average molecular weight is 214 g/mol. The molecule has 0 unspecified atom stereocenters. The van der Waals surface area contributed by atoms with Gasteiger partial charge in [-0.15, -0.1) is 6.58 Å². The van der Waals surface area contributed by atoms with Crippen molar-refractivity contribution in [2.45, 2.75) is 32.7 Å². The number of nitrogens with zero attached hydrogens (tertiary/aromatic N) is 1. The Hall–Kier alpha value is -1.03. The van der Waals surface area contributed by atoms with Gasteiger partial charge in [0.25, 0.3) is 0 Å². The van der Waals surface area contributed by atoms with Crippen LogP contribution in [0.4, 0.5) is 4.79 Å². The molecule has 0 spiro atoms. The molecule has 0 aromatic heterocycles. The Bertz CT molecular complexity index is 191. The van der Waals surface area contributed by atoms with E-state index in [4.69, 9.17) is 5.11 Å². The Morgan fingerprint density at radius 1 is 1.53 bits per heavy atom. The van der Waals surface area contributed by atoms with Gasteiger partial charge in [0.1, 0.15) is 0 Å². The van der Waals surface area contributed by atoms with Gasteiger partial charge in [0.15, 0.2) is 0 Å². The summed E-state index contributed by atoms with van der Waals surface area (Å²) in [5.41, 5.74) is 0. The van der Waals surface area contributed by atoms with Crippen LogP contribution in [0.2, 0.25) is 0 Å². The minimum atomic E-state index is -0.127. The summed E-state index contributed by atoms with van der Waals surface area (Å²) in [5, 5.41) is 11.7. The predicted molar refractivity (Wildman–Crippen MR) is 61.8 cm³/mol. The molecule has 0 heterocycles. The molecule has 0 bridgehead atoms. The van der Waals surface area contributed by atoms with Crippen LogP contribution in [0, 0.1) is 0 Å². The quantitative estimate of drug-likeness (QED) is 0.629. The van der Waals surface area contributed by atoms with Gasteiger partial charge in [-0.05, 0) is 12.8 Å². The van der Waals surface area contributed by atoms with Gasteiger partial charge in [0, 0.05) is 19.1 Å². The first-order chi connectivity index (χ1) is 7.19. The molecule has 0 atom stereocenters. The number of urea groups is 1. The minimum absolute atomic E-state index is 0.0236. The number of hydrogen-bond donors (Lipinski definition) is 2. The van der Waals surface area contributed by atoms with Crippen LogP contribution in [-0.4, -0.2) is 41.8 Å². The van der Waals surface area contributed by atoms with Gasteiger partial charge in [0.05, 0.1) is 6.61 Å². The molecule has 4 heteroatoms. The van der Waals surface area contributed by atoms with Gasteiger partial charge >= 0.3 is 6.03 Å². The molecule has 0 aromatic carbocycles. The molecule has 0 saturated heterocycles. The SMILES string of the molecule is C=CCN(CCO)C(=O)NC(CC)CC. The molecule has 0 aliphatic heterocycles. The third-order valence-electron chi connectivity index (χ3n) is 2.32. The largest absolute Gasteiger partial charge is 0.395 e. The maximum atomic E-state index is 11.7. The number of carbonyl (C=O) groups excluding carboxylic acids is 1. The molecule has 15 heavy (non-hydrogen) atoms. The van der Waals surface area contributed by atoms with Crippen molar-refractivity contribution in [1.82, 2.24) is 10.2 Å². The van der Waals surface area contributed by atoms with E-state index in [0.717, 1.165) is 12.8 Å². The lowest BCUT2D eigenvalue weighted by atomic mass is 10.2. The molecule has 0 fully saturated rings. The van der Waals surface area contributed by atoms with E-state index in [-0.39, 0.29) is 18.7 Å². The van der Waals surface area contributed by atoms with Gasteiger partial charge in [-0.2, -0.15) is 0 Å². The molecule has 0 rings (SSSR count). The van der Waals surface area contributed by atoms with Gasteiger partial charge in [-0.1, -0.05) is 19.9 Å². The summed E-state index contributed by atoms with van der Waals surface area (Å²) in [4.78, 5) is 13.3. The monoisotopic (exact) mass is 214 g/mol. The van der Waals surface area contributed by atoms with E-state index in [0.29, 0.717) is 13.1 Å². The summed E-state index contributed by atoms with van der Waals surface area (Å²) in [6, 6.07) is 0.0844. The third kappa shape index (κ3) is 5.42. The summed E-state index contributed by atoms with van der Waals surface area (Å²) in [6.07, 6.45) is 3.49. The van der Waals surface area contributed by atoms with Crippen molar-refractivity contribution >= 4 is 6.03 Å². The Morgan fingerprint density at radius 2 is 2.13 bits per heavy atom. The van der Waals surface area contributed by atoms with Crippen LogP contribution in [0.15, 0.2) is 12.7 Å². The molecule has 2 amide bonds. The molecule has 2 N–H and O–H groups in total. The number of aliphatic hydroxyl groups excluding tert-OH is 1. The summed E-state index contributed by atoms with van der Waals surface area (Å²) >= 11 is 0. The Morgan fingerprint density at radius 3 is 2.53 bits per heavy atom. The fourth-order valence-electron chi connectivity index (χ4n) is 1.31. The minimum Gasteiger partial charge on any atom is -0.395 e. The molecule has 0 radical (unpaired) electrons. The first-order valence-electron chi connectivity index (χ1n) is 5.46. The predicted octanol–water partition coefficient (Wildman–Crippen LogP) is 1.36. The summed E-state index contributed by atoms with van der Waals surface area (Å²) < 4.78 is 0. The third-order valence-corrected chi connectivity index (χ3v) is 2.32. The fraction of sp³-hybridized carbons (Fsp3) is 0.727. The van der Waals surface area contributed by atoms with E-state index in [1.54, 1.807) is 11.0 Å². The van der Waals surface area contributed by atoms with Crippen molar-refractivity contribution in [3.8, 4) is 0 Å². The lowest BCUT2D eigenvalue weighted by Gasteiger charge is -2.24. The molecular weight excluding hydrogens is 192 g/mol. The lowest BCUT2D eigenvalue weighted by molar-refractivity contribution is 0.179. The molecule has 0 aromatic rings. The number of amides is 2. The molecule has 88 valence electrons. The van der Waals surface area contributed by atoms with Crippen molar-refractivity contribution in [1.29, 1.82) is 0 Å². The molecule has 4 nitrogen and oxygen atoms in total. The average Bonchev–Trinajstić information content (AvgIpc) is 2.25. The van der Waals surface area contributed by atoms with Gasteiger partial charge in [0.2, 0.25) is 0 Å². The van der Waals surface area contributed by atoms with Crippen LogP contribution in [0.3, 0.4) is 0 Å². The number of aliphatic hydroxyl groups is 1. The normalized spacial score (nSPS) is 10.1. The topological polar surface area (TPSA) is 52.6 Å². The van der Waals surface area contributed by atoms with Crippen molar-refractivity contribution in [3.05, 3.63) is 12.7 Å². The second kappa shape index (κ2) is 8.29. The van der Waals surface area contributed by atoms with Crippen LogP contribution < -0.4 is 5.32 Å². The number of hydrogen-bond acceptors (Lipinski definition) is 2. The van der Waals surface area contributed by atoms with E-state index < -0.39 is 0 Å². The second-order valence-electron chi connectivity index (χ2n) is 3.42. The highest BCUT2D eigenvalue weighted by Gasteiger charge is 2.14. The molecule has 0 aliphatic carbocycles. The molecule has 0 aliphatic rings. The van der Waals surface area contributed by atoms with Crippen LogP contribution in [-0.2, 0) is 0 Å². The first kappa shape index (κ1) is 14.0. The lowest BCUT2D eigenvalue weighted by Crippen LogP contribution is -2.45. The Kier molecular flexibility index (Phi) is 7.72. The van der Waals surface area contributed by atoms with Gasteiger partial charge in [-0.25, -0.2) is 4.79 Å². The zero-order valence-electron chi connectivity index (χ0n) is 9.70. The van der Waals surface area contributed by atoms with E-state index in [2.05, 4.69) is 11.9 Å². The number of nitrogens with one attached hydrogen (secondary N) is 1. The van der Waals surface area contributed by atoms with Crippen molar-refractivity contribution in [3.63, 3.8) is 0 Å². The molecule has 0 saturated carbocycles. The fourth-order valence-corrected chi connectivity index (χ4v) is 1.31. The van der Waals surface area contributed by atoms with Crippen LogP contribution >= 0.6 is 0 Å². The summed E-state index contributed by atoms with van der Waals surface area (Å²) in [7, 11) is 0. The van der Waals surface area contributed by atoms with Crippen LogP contribution in [0.5, 0.6) is 0 Å². The maximum absolute atomic E-state index is 11.7. The zero-order chi connectivity index (χ0) is 11.7. The van der Waals surface area contributed by atoms with Crippen LogP contribution in [0.25, 0.3) is 0 Å². The van der Waals surface area contributed by atoms with Gasteiger partial charge < -0.3 is 15.3 Å². The Balaban J connectivity index is 4.16. The summed E-state index contributed by atoms with van der Waals surface area (Å²) in [5.74, 6) is 0. The second-order valence-corrected chi connectivity index (χ2v) is 3.42. The standard InChI is InChI=1S/C11H22N2O2/c1-4-7-13(8-9-14)11(15)12-10(5-2)6-3/h4,10,14H,1,5-9H2,2-3H3,(H,12,15). The Labute approximate surface area is 92.0 Å². The van der Waals surface area contributed by atoms with E-state index in [1.807, 2.05) is 13.8 Å². The molecular formula is C11H22N2O2. The highest BCUT2D eigenvalue weighted by Crippen LogP contribution is 1.98. The zero-order valence-corrected chi connectivity index (χ0v) is 9.70. The van der Waals surface area contributed by atoms with Crippen molar-refractivity contribution in [2.75, 3.05) is 19.7 Å². The summed E-state index contributed by atoms with van der Waals surface area (Å²) in [6.45, 7) is 8.45. The smallest absolute Gasteiger partial charge is 0.317 e. The van der Waals surface area contributed by atoms with Crippen LogP contribution in [0.1, 0.15) is 26.7 Å². The number of carbonyl (C=O) groups is 1. The highest BCUT2D eigenvalue weighted by molar-refractivity contribution is 5.74. The van der Waals surface area contributed by atoms with E-state index in [1.165, 1.54) is 0 Å². The number of rotatable bonds is 7. The van der Waals surface area contributed by atoms with Crippen molar-refractivity contribution in [2.24, 2.45) is 0 Å². The van der Waals surface area contributed by atoms with Crippen molar-refractivity contribution < 1.29 is 9.90 Å². The van der Waals surface area contributed by atoms with E-state index in [9.17, 15) is 4.79 Å². The van der Waals surface area contributed by atoms with Gasteiger partial charge in [-0.3, -0.25) is 0 Å². The highest BCUT2D eigenvalue weighted by atomic mass is 16.3. The first-order valence-corrected chi connectivity index (χ1v) is 5.46.